The number of alkyl halides is 2. The molecule has 0 bridgehead atoms. The molecule has 0 unspecified atom stereocenters. The van der Waals surface area contributed by atoms with E-state index in [1.165, 1.54) is 11.7 Å². The summed E-state index contributed by atoms with van der Waals surface area (Å²) in [5, 5.41) is 12.4. The third-order valence-corrected chi connectivity index (χ3v) is 4.01. The molecule has 0 aliphatic carbocycles. The van der Waals surface area contributed by atoms with Crippen LogP contribution in [0.2, 0.25) is 0 Å². The predicted molar refractivity (Wildman–Crippen MR) is 59.5 cm³/mol. The number of nitrogens with zero attached hydrogens (tertiary/aromatic N) is 3. The molecule has 1 aromatic rings. The van der Waals surface area contributed by atoms with Crippen LogP contribution in [0.25, 0.3) is 0 Å². The Kier molecular flexibility index (Phi) is 4.59. The van der Waals surface area contributed by atoms with Crippen LogP contribution in [-0.2, 0) is 17.1 Å². The molecule has 0 amide bonds. The Labute approximate surface area is 103 Å². The van der Waals surface area contributed by atoms with Gasteiger partial charge in [-0.25, -0.2) is 17.2 Å². The van der Waals surface area contributed by atoms with Gasteiger partial charge in [0.05, 0.1) is 13.2 Å². The number of hydrogen-bond donors (Lipinski definition) is 2. The van der Waals surface area contributed by atoms with Gasteiger partial charge in [0.15, 0.2) is 5.82 Å². The van der Waals surface area contributed by atoms with E-state index in [0.717, 1.165) is 6.20 Å². The number of rotatable bonds is 6. The first-order valence-corrected chi connectivity index (χ1v) is 6.41. The second kappa shape index (κ2) is 5.59. The average Bonchev–Trinajstić information content (AvgIpc) is 2.57. The standard InChI is InChI=1S/C8H14F2N4O3S/c1-13-4-6(8(11)12-13)18(16,17)14(2-3-15)5-7(9)10/h4,7,15H,2-3,5H2,1H3,(H2,11,12). The molecule has 1 aromatic heterocycles. The topological polar surface area (TPSA) is 101 Å². The van der Waals surface area contributed by atoms with Gasteiger partial charge in [-0.1, -0.05) is 0 Å². The predicted octanol–water partition coefficient (Wildman–Crippen LogP) is -0.750. The summed E-state index contributed by atoms with van der Waals surface area (Å²) in [6.07, 6.45) is -1.72. The Morgan fingerprint density at radius 1 is 1.61 bits per heavy atom. The Morgan fingerprint density at radius 3 is 2.61 bits per heavy atom. The first kappa shape index (κ1) is 14.8. The summed E-state index contributed by atoms with van der Waals surface area (Å²) in [5.41, 5.74) is 5.40. The van der Waals surface area contributed by atoms with Crippen LogP contribution < -0.4 is 5.73 Å². The van der Waals surface area contributed by atoms with Crippen LogP contribution in [0.3, 0.4) is 0 Å². The van der Waals surface area contributed by atoms with Crippen molar-refractivity contribution in [1.29, 1.82) is 0 Å². The van der Waals surface area contributed by atoms with Crippen molar-refractivity contribution in [2.75, 3.05) is 25.4 Å². The maximum atomic E-state index is 12.3. The molecule has 10 heteroatoms. The van der Waals surface area contributed by atoms with Gasteiger partial charge in [0.1, 0.15) is 4.90 Å². The zero-order valence-electron chi connectivity index (χ0n) is 9.62. The summed E-state index contributed by atoms with van der Waals surface area (Å²) < 4.78 is 50.4. The molecule has 104 valence electrons. The van der Waals surface area contributed by atoms with Crippen LogP contribution in [0.15, 0.2) is 11.1 Å². The average molecular weight is 284 g/mol. The number of aryl methyl sites for hydroxylation is 1. The van der Waals surface area contributed by atoms with E-state index in [1.54, 1.807) is 0 Å². The van der Waals surface area contributed by atoms with Crippen LogP contribution in [0.1, 0.15) is 0 Å². The molecule has 0 aliphatic rings. The smallest absolute Gasteiger partial charge is 0.252 e. The first-order chi connectivity index (χ1) is 8.28. The largest absolute Gasteiger partial charge is 0.395 e. The van der Waals surface area contributed by atoms with Crippen LogP contribution in [0.5, 0.6) is 0 Å². The molecule has 1 rings (SSSR count). The van der Waals surface area contributed by atoms with Crippen molar-refractivity contribution in [3.63, 3.8) is 0 Å². The number of hydrogen-bond acceptors (Lipinski definition) is 5. The Morgan fingerprint density at radius 2 is 2.22 bits per heavy atom. The summed E-state index contributed by atoms with van der Waals surface area (Å²) in [4.78, 5) is -0.348. The minimum atomic E-state index is -4.18. The second-order valence-corrected chi connectivity index (χ2v) is 5.44. The zero-order chi connectivity index (χ0) is 13.9. The van der Waals surface area contributed by atoms with Crippen LogP contribution >= 0.6 is 0 Å². The van der Waals surface area contributed by atoms with Crippen molar-refractivity contribution >= 4 is 15.8 Å². The van der Waals surface area contributed by atoms with Crippen LogP contribution in [-0.4, -0.2) is 53.7 Å². The van der Waals surface area contributed by atoms with Gasteiger partial charge in [-0.05, 0) is 0 Å². The number of sulfonamides is 1. The second-order valence-electron chi connectivity index (χ2n) is 3.53. The SMILES string of the molecule is Cn1cc(S(=O)(=O)N(CCO)CC(F)F)c(N)n1. The fourth-order valence-electron chi connectivity index (χ4n) is 1.40. The van der Waals surface area contributed by atoms with Gasteiger partial charge in [-0.15, -0.1) is 0 Å². The van der Waals surface area contributed by atoms with Crippen molar-refractivity contribution in [3.8, 4) is 0 Å². The van der Waals surface area contributed by atoms with Crippen LogP contribution in [0.4, 0.5) is 14.6 Å². The van der Waals surface area contributed by atoms with E-state index in [0.29, 0.717) is 4.31 Å². The van der Waals surface area contributed by atoms with E-state index >= 15 is 0 Å². The third kappa shape index (κ3) is 3.15. The summed E-state index contributed by atoms with van der Waals surface area (Å²) in [5.74, 6) is -0.269. The molecule has 7 nitrogen and oxygen atoms in total. The van der Waals surface area contributed by atoms with E-state index in [1.807, 2.05) is 0 Å². The summed E-state index contributed by atoms with van der Waals surface area (Å²) in [7, 11) is -2.73. The van der Waals surface area contributed by atoms with Crippen molar-refractivity contribution < 1.29 is 22.3 Å². The molecule has 0 saturated heterocycles. The molecule has 3 N–H and O–H groups in total. The lowest BCUT2D eigenvalue weighted by Gasteiger charge is -2.20. The van der Waals surface area contributed by atoms with Gasteiger partial charge in [0.2, 0.25) is 10.0 Å². The molecule has 1 heterocycles. The van der Waals surface area contributed by atoms with E-state index in [-0.39, 0.29) is 10.7 Å². The lowest BCUT2D eigenvalue weighted by atomic mass is 10.6. The molecule has 0 saturated carbocycles. The van der Waals surface area contributed by atoms with E-state index < -0.39 is 36.1 Å². The van der Waals surface area contributed by atoms with Crippen molar-refractivity contribution in [1.82, 2.24) is 14.1 Å². The summed E-state index contributed by atoms with van der Waals surface area (Å²) >= 11 is 0. The molecule has 0 fully saturated rings. The minimum absolute atomic E-state index is 0.269. The van der Waals surface area contributed by atoms with Gasteiger partial charge in [-0.2, -0.15) is 9.40 Å². The van der Waals surface area contributed by atoms with Gasteiger partial charge in [-0.3, -0.25) is 4.68 Å². The van der Waals surface area contributed by atoms with Gasteiger partial charge in [0, 0.05) is 19.8 Å². The van der Waals surface area contributed by atoms with Crippen molar-refractivity contribution in [2.24, 2.45) is 7.05 Å². The number of aliphatic hydroxyl groups excluding tert-OH is 1. The fraction of sp³-hybridized carbons (Fsp3) is 0.625. The maximum absolute atomic E-state index is 12.3. The minimum Gasteiger partial charge on any atom is -0.395 e. The highest BCUT2D eigenvalue weighted by Crippen LogP contribution is 2.21. The maximum Gasteiger partial charge on any atom is 0.252 e. The Bertz CT molecular complexity index is 502. The highest BCUT2D eigenvalue weighted by molar-refractivity contribution is 7.89. The Balaban J connectivity index is 3.12. The van der Waals surface area contributed by atoms with E-state index in [4.69, 9.17) is 10.8 Å². The monoisotopic (exact) mass is 284 g/mol. The normalized spacial score (nSPS) is 12.6. The molecule has 0 aromatic carbocycles. The number of aromatic nitrogens is 2. The lowest BCUT2D eigenvalue weighted by molar-refractivity contribution is 0.113. The highest BCUT2D eigenvalue weighted by Gasteiger charge is 2.30. The molecule has 0 spiro atoms. The van der Waals surface area contributed by atoms with Gasteiger partial charge >= 0.3 is 0 Å². The number of nitrogens with two attached hydrogens (primary N) is 1. The lowest BCUT2D eigenvalue weighted by Crippen LogP contribution is -2.37. The van der Waals surface area contributed by atoms with E-state index in [2.05, 4.69) is 5.10 Å². The first-order valence-electron chi connectivity index (χ1n) is 4.97. The Hall–Kier alpha value is -1.26. The molecule has 0 radical (unpaired) electrons. The molecule has 0 atom stereocenters. The number of nitrogen functional groups attached to an aromatic ring is 1. The van der Waals surface area contributed by atoms with Gasteiger partial charge in [0.25, 0.3) is 6.43 Å². The highest BCUT2D eigenvalue weighted by atomic mass is 32.2. The number of anilines is 1. The summed E-state index contributed by atoms with van der Waals surface area (Å²) in [6.45, 7) is -2.00. The molecule has 0 aliphatic heterocycles. The molecular weight excluding hydrogens is 270 g/mol. The van der Waals surface area contributed by atoms with E-state index in [9.17, 15) is 17.2 Å². The van der Waals surface area contributed by atoms with Gasteiger partial charge < -0.3 is 10.8 Å². The fourth-order valence-corrected chi connectivity index (χ4v) is 2.90. The third-order valence-electron chi connectivity index (χ3n) is 2.13. The number of halogens is 2. The quantitative estimate of drug-likeness (QED) is 0.715. The van der Waals surface area contributed by atoms with Crippen LogP contribution in [0, 0.1) is 0 Å². The van der Waals surface area contributed by atoms with Crippen molar-refractivity contribution in [2.45, 2.75) is 11.3 Å². The number of aliphatic hydroxyl groups is 1. The van der Waals surface area contributed by atoms with Crippen molar-refractivity contribution in [3.05, 3.63) is 6.20 Å². The summed E-state index contributed by atoms with van der Waals surface area (Å²) in [6, 6.07) is 0. The zero-order valence-corrected chi connectivity index (χ0v) is 10.4. The molecular formula is C8H14F2N4O3S. The molecule has 18 heavy (non-hydrogen) atoms.